The van der Waals surface area contributed by atoms with Crippen molar-refractivity contribution in [3.63, 3.8) is 0 Å². The molecule has 2 aromatic carbocycles. The fourth-order valence-corrected chi connectivity index (χ4v) is 3.91. The van der Waals surface area contributed by atoms with Crippen LogP contribution in [0.5, 0.6) is 11.5 Å². The van der Waals surface area contributed by atoms with E-state index in [-0.39, 0.29) is 6.10 Å². The van der Waals surface area contributed by atoms with E-state index in [1.807, 2.05) is 24.3 Å². The molecule has 2 aliphatic rings. The lowest BCUT2D eigenvalue weighted by molar-refractivity contribution is 0.0918. The number of rotatable bonds is 2. The fraction of sp³-hybridized carbons (Fsp3) is 0.368. The average molecular weight is 364 g/mol. The van der Waals surface area contributed by atoms with Gasteiger partial charge in [-0.05, 0) is 43.5 Å². The highest BCUT2D eigenvalue weighted by molar-refractivity contribution is 6.35. The Labute approximate surface area is 152 Å². The van der Waals surface area contributed by atoms with Gasteiger partial charge in [0.1, 0.15) is 6.61 Å². The molecule has 1 saturated heterocycles. The lowest BCUT2D eigenvalue weighted by atomic mass is 10.1. The van der Waals surface area contributed by atoms with Crippen LogP contribution in [-0.2, 0) is 0 Å². The molecular weight excluding hydrogens is 345 g/mol. The molecule has 3 nitrogen and oxygen atoms in total. The van der Waals surface area contributed by atoms with Crippen molar-refractivity contribution in [2.45, 2.75) is 25.4 Å². The minimum Gasteiger partial charge on any atom is -0.485 e. The van der Waals surface area contributed by atoms with Gasteiger partial charge in [-0.1, -0.05) is 35.3 Å². The van der Waals surface area contributed by atoms with Gasteiger partial charge >= 0.3 is 0 Å². The predicted octanol–water partition coefficient (Wildman–Crippen LogP) is 5.50. The highest BCUT2D eigenvalue weighted by Crippen LogP contribution is 2.45. The van der Waals surface area contributed by atoms with Crippen LogP contribution in [0.2, 0.25) is 10.0 Å². The summed E-state index contributed by atoms with van der Waals surface area (Å²) in [5, 5.41) is 1.23. The molecule has 0 radical (unpaired) electrons. The number of fused-ring (bicyclic) bond motifs is 1. The van der Waals surface area contributed by atoms with Crippen molar-refractivity contribution in [1.82, 2.24) is 0 Å². The number of para-hydroxylation sites is 1. The van der Waals surface area contributed by atoms with Crippen LogP contribution in [0.4, 0.5) is 5.69 Å². The second-order valence-corrected chi connectivity index (χ2v) is 7.08. The van der Waals surface area contributed by atoms with Crippen LogP contribution in [0.25, 0.3) is 0 Å². The van der Waals surface area contributed by atoms with E-state index in [0.29, 0.717) is 16.7 Å². The van der Waals surface area contributed by atoms with Gasteiger partial charge in [-0.2, -0.15) is 0 Å². The number of piperidine rings is 1. The SMILES string of the molecule is Clc1ccc([C@@H]2COc3cccc(N4CCCCC4)c3O2)c(Cl)c1. The summed E-state index contributed by atoms with van der Waals surface area (Å²) in [6.45, 7) is 2.57. The maximum absolute atomic E-state index is 6.35. The second-order valence-electron chi connectivity index (χ2n) is 6.24. The van der Waals surface area contributed by atoms with Crippen LogP contribution in [0.3, 0.4) is 0 Å². The molecule has 0 bridgehead atoms. The van der Waals surface area contributed by atoms with Gasteiger partial charge < -0.3 is 14.4 Å². The first kappa shape index (κ1) is 15.9. The van der Waals surface area contributed by atoms with Crippen molar-refractivity contribution in [3.05, 3.63) is 52.0 Å². The third-order valence-corrected chi connectivity index (χ3v) is 5.18. The molecule has 0 aliphatic carbocycles. The van der Waals surface area contributed by atoms with E-state index < -0.39 is 0 Å². The smallest absolute Gasteiger partial charge is 0.185 e. The molecule has 5 heteroatoms. The summed E-state index contributed by atoms with van der Waals surface area (Å²) in [5.74, 6) is 1.63. The first-order valence-electron chi connectivity index (χ1n) is 8.35. The Hall–Kier alpha value is -1.58. The molecule has 4 rings (SSSR count). The molecule has 0 unspecified atom stereocenters. The maximum atomic E-state index is 6.35. The number of benzene rings is 2. The number of hydrogen-bond donors (Lipinski definition) is 0. The van der Waals surface area contributed by atoms with Crippen LogP contribution in [-0.4, -0.2) is 19.7 Å². The van der Waals surface area contributed by atoms with Crippen molar-refractivity contribution in [2.24, 2.45) is 0 Å². The van der Waals surface area contributed by atoms with E-state index in [2.05, 4.69) is 11.0 Å². The molecule has 1 fully saturated rings. The Morgan fingerprint density at radius 2 is 1.83 bits per heavy atom. The van der Waals surface area contributed by atoms with Gasteiger partial charge in [0, 0.05) is 28.7 Å². The van der Waals surface area contributed by atoms with Gasteiger partial charge in [-0.25, -0.2) is 0 Å². The van der Waals surface area contributed by atoms with Crippen LogP contribution in [0, 0.1) is 0 Å². The molecule has 0 spiro atoms. The summed E-state index contributed by atoms with van der Waals surface area (Å²) in [7, 11) is 0. The lowest BCUT2D eigenvalue weighted by Crippen LogP contribution is -2.31. The third kappa shape index (κ3) is 3.03. The monoisotopic (exact) mass is 363 g/mol. The van der Waals surface area contributed by atoms with E-state index in [0.717, 1.165) is 35.8 Å². The average Bonchev–Trinajstić information content (AvgIpc) is 2.61. The molecule has 24 heavy (non-hydrogen) atoms. The van der Waals surface area contributed by atoms with E-state index >= 15 is 0 Å². The second kappa shape index (κ2) is 6.73. The molecule has 2 heterocycles. The highest BCUT2D eigenvalue weighted by atomic mass is 35.5. The van der Waals surface area contributed by atoms with Crippen molar-refractivity contribution in [2.75, 3.05) is 24.6 Å². The van der Waals surface area contributed by atoms with Crippen LogP contribution in [0.1, 0.15) is 30.9 Å². The Morgan fingerprint density at radius 1 is 1.00 bits per heavy atom. The normalized spacial score (nSPS) is 20.1. The number of halogens is 2. The van der Waals surface area contributed by atoms with Gasteiger partial charge in [0.05, 0.1) is 5.69 Å². The van der Waals surface area contributed by atoms with Crippen molar-refractivity contribution >= 4 is 28.9 Å². The maximum Gasteiger partial charge on any atom is 0.185 e. The molecule has 0 aromatic heterocycles. The van der Waals surface area contributed by atoms with E-state index in [4.69, 9.17) is 32.7 Å². The molecule has 0 saturated carbocycles. The third-order valence-electron chi connectivity index (χ3n) is 4.61. The first-order valence-corrected chi connectivity index (χ1v) is 9.10. The largest absolute Gasteiger partial charge is 0.485 e. The van der Waals surface area contributed by atoms with Crippen molar-refractivity contribution in [1.29, 1.82) is 0 Å². The van der Waals surface area contributed by atoms with Crippen molar-refractivity contribution in [3.8, 4) is 11.5 Å². The van der Waals surface area contributed by atoms with Crippen molar-refractivity contribution < 1.29 is 9.47 Å². The molecule has 1 atom stereocenters. The zero-order chi connectivity index (χ0) is 16.5. The van der Waals surface area contributed by atoms with E-state index in [9.17, 15) is 0 Å². The standard InChI is InChI=1S/C19H19Cl2NO2/c20-13-7-8-14(15(21)11-13)18-12-23-17-6-4-5-16(19(17)24-18)22-9-2-1-3-10-22/h4-8,11,18H,1-3,9-10,12H2/t18-/m0/s1. The Kier molecular flexibility index (Phi) is 4.47. The zero-order valence-electron chi connectivity index (χ0n) is 13.3. The Morgan fingerprint density at radius 3 is 2.62 bits per heavy atom. The lowest BCUT2D eigenvalue weighted by Gasteiger charge is -2.34. The highest BCUT2D eigenvalue weighted by Gasteiger charge is 2.28. The van der Waals surface area contributed by atoms with Gasteiger partial charge in [-0.15, -0.1) is 0 Å². The van der Waals surface area contributed by atoms with Crippen LogP contribution >= 0.6 is 23.2 Å². The topological polar surface area (TPSA) is 21.7 Å². The molecule has 126 valence electrons. The molecule has 2 aliphatic heterocycles. The van der Waals surface area contributed by atoms with E-state index in [1.165, 1.54) is 19.3 Å². The summed E-state index contributed by atoms with van der Waals surface area (Å²) in [4.78, 5) is 2.39. The summed E-state index contributed by atoms with van der Waals surface area (Å²) in [5.41, 5.74) is 2.02. The summed E-state index contributed by atoms with van der Waals surface area (Å²) < 4.78 is 12.3. The van der Waals surface area contributed by atoms with Gasteiger partial charge in [-0.3, -0.25) is 0 Å². The summed E-state index contributed by atoms with van der Waals surface area (Å²) in [6.07, 6.45) is 3.51. The number of ether oxygens (including phenoxy) is 2. The summed E-state index contributed by atoms with van der Waals surface area (Å²) >= 11 is 12.3. The zero-order valence-corrected chi connectivity index (χ0v) is 14.8. The summed E-state index contributed by atoms with van der Waals surface area (Å²) in [6, 6.07) is 11.6. The van der Waals surface area contributed by atoms with Gasteiger partial charge in [0.2, 0.25) is 0 Å². The molecule has 2 aromatic rings. The van der Waals surface area contributed by atoms with E-state index in [1.54, 1.807) is 6.07 Å². The minimum atomic E-state index is -0.229. The van der Waals surface area contributed by atoms with Crippen LogP contribution in [0.15, 0.2) is 36.4 Å². The fourth-order valence-electron chi connectivity index (χ4n) is 3.38. The van der Waals surface area contributed by atoms with Gasteiger partial charge in [0.25, 0.3) is 0 Å². The predicted molar refractivity (Wildman–Crippen MR) is 97.8 cm³/mol. The Bertz CT molecular complexity index is 744. The molecule has 0 N–H and O–H groups in total. The quantitative estimate of drug-likeness (QED) is 0.703. The van der Waals surface area contributed by atoms with Gasteiger partial charge in [0.15, 0.2) is 17.6 Å². The number of hydrogen-bond acceptors (Lipinski definition) is 3. The molecule has 0 amide bonds. The number of anilines is 1. The molecular formula is C19H19Cl2NO2. The minimum absolute atomic E-state index is 0.229. The number of nitrogens with zero attached hydrogens (tertiary/aromatic N) is 1. The first-order chi connectivity index (χ1) is 11.7. The van der Waals surface area contributed by atoms with Crippen LogP contribution < -0.4 is 14.4 Å². The Balaban J connectivity index is 1.66.